The Bertz CT molecular complexity index is 533. The fourth-order valence-corrected chi connectivity index (χ4v) is 3.87. The summed E-state index contributed by atoms with van der Waals surface area (Å²) in [5, 5.41) is 0.983. The molecule has 1 aromatic rings. The van der Waals surface area contributed by atoms with E-state index < -0.39 is 0 Å². The van der Waals surface area contributed by atoms with Crippen LogP contribution in [0.4, 0.5) is 0 Å². The summed E-state index contributed by atoms with van der Waals surface area (Å²) in [4.78, 5) is 14.8. The summed E-state index contributed by atoms with van der Waals surface area (Å²) >= 11 is 12.0. The molecule has 1 aliphatic heterocycles. The van der Waals surface area contributed by atoms with Gasteiger partial charge in [-0.25, -0.2) is 0 Å². The molecule has 2 atom stereocenters. The molecule has 3 rings (SSSR count). The molecule has 1 saturated carbocycles. The van der Waals surface area contributed by atoms with Gasteiger partial charge >= 0.3 is 0 Å². The molecule has 1 aliphatic carbocycles. The first-order valence-electron chi connectivity index (χ1n) is 7.49. The largest absolute Gasteiger partial charge is 0.375 e. The van der Waals surface area contributed by atoms with Crippen molar-refractivity contribution in [1.29, 1.82) is 0 Å². The Morgan fingerprint density at radius 2 is 2.10 bits per heavy atom. The maximum Gasteiger partial charge on any atom is 0.178 e. The first kappa shape index (κ1) is 15.3. The van der Waals surface area contributed by atoms with Crippen LogP contribution in [0.15, 0.2) is 18.2 Å². The fourth-order valence-electron chi connectivity index (χ4n) is 3.36. The number of nitrogens with zero attached hydrogens (tertiary/aromatic N) is 1. The maximum absolute atomic E-state index is 12.5. The Kier molecular flexibility index (Phi) is 4.85. The number of Topliss-reactive ketones (excluding diaryl/α,β-unsaturated/α-hetero) is 1. The number of fused-ring (bicyclic) bond motifs is 1. The van der Waals surface area contributed by atoms with E-state index in [4.69, 9.17) is 27.9 Å². The van der Waals surface area contributed by atoms with Gasteiger partial charge in [-0.05, 0) is 31.0 Å². The molecule has 1 aromatic carbocycles. The van der Waals surface area contributed by atoms with E-state index >= 15 is 0 Å². The van der Waals surface area contributed by atoms with Gasteiger partial charge in [-0.2, -0.15) is 0 Å². The second-order valence-electron chi connectivity index (χ2n) is 5.78. The van der Waals surface area contributed by atoms with Crippen LogP contribution in [0, 0.1) is 0 Å². The summed E-state index contributed by atoms with van der Waals surface area (Å²) in [7, 11) is 0. The predicted molar refractivity (Wildman–Crippen MR) is 84.4 cm³/mol. The minimum absolute atomic E-state index is 0.0582. The number of carbonyl (C=O) groups excluding carboxylic acids is 1. The Hall–Kier alpha value is -0.610. The number of benzene rings is 1. The van der Waals surface area contributed by atoms with Gasteiger partial charge in [0.05, 0.1) is 24.3 Å². The van der Waals surface area contributed by atoms with Crippen molar-refractivity contribution in [2.24, 2.45) is 0 Å². The van der Waals surface area contributed by atoms with E-state index in [0.717, 1.165) is 19.4 Å². The first-order valence-corrected chi connectivity index (χ1v) is 8.24. The van der Waals surface area contributed by atoms with E-state index in [9.17, 15) is 4.79 Å². The molecule has 21 heavy (non-hydrogen) atoms. The fraction of sp³-hybridized carbons (Fsp3) is 0.562. The summed E-state index contributed by atoms with van der Waals surface area (Å²) in [6.07, 6.45) is 4.97. The highest BCUT2D eigenvalue weighted by atomic mass is 35.5. The zero-order valence-corrected chi connectivity index (χ0v) is 13.4. The van der Waals surface area contributed by atoms with E-state index in [2.05, 4.69) is 4.90 Å². The summed E-state index contributed by atoms with van der Waals surface area (Å²) in [5.74, 6) is 0.0582. The van der Waals surface area contributed by atoms with Gasteiger partial charge in [-0.1, -0.05) is 36.0 Å². The van der Waals surface area contributed by atoms with Crippen LogP contribution in [-0.2, 0) is 4.74 Å². The van der Waals surface area contributed by atoms with Crippen LogP contribution in [0.5, 0.6) is 0 Å². The van der Waals surface area contributed by atoms with Gasteiger partial charge in [0.2, 0.25) is 0 Å². The molecule has 2 aliphatic rings. The zero-order valence-electron chi connectivity index (χ0n) is 11.9. The van der Waals surface area contributed by atoms with Crippen LogP contribution >= 0.6 is 23.2 Å². The van der Waals surface area contributed by atoms with E-state index in [0.29, 0.717) is 40.9 Å². The molecule has 2 fully saturated rings. The molecule has 2 unspecified atom stereocenters. The molecule has 114 valence electrons. The van der Waals surface area contributed by atoms with Crippen LogP contribution in [0.2, 0.25) is 10.0 Å². The number of hydrogen-bond acceptors (Lipinski definition) is 3. The molecule has 3 nitrogen and oxygen atoms in total. The van der Waals surface area contributed by atoms with Crippen LogP contribution < -0.4 is 0 Å². The monoisotopic (exact) mass is 327 g/mol. The maximum atomic E-state index is 12.5. The molecule has 5 heteroatoms. The average molecular weight is 328 g/mol. The van der Waals surface area contributed by atoms with Crippen molar-refractivity contribution >= 4 is 29.0 Å². The molecular formula is C16H19Cl2NO2. The molecule has 0 amide bonds. The van der Waals surface area contributed by atoms with E-state index in [1.54, 1.807) is 18.2 Å². The van der Waals surface area contributed by atoms with Crippen LogP contribution in [-0.4, -0.2) is 42.5 Å². The van der Waals surface area contributed by atoms with Crippen molar-refractivity contribution in [3.8, 4) is 0 Å². The van der Waals surface area contributed by atoms with Crippen molar-refractivity contribution < 1.29 is 9.53 Å². The zero-order chi connectivity index (χ0) is 14.8. The van der Waals surface area contributed by atoms with Crippen molar-refractivity contribution in [2.75, 3.05) is 19.7 Å². The Labute approximate surface area is 135 Å². The summed E-state index contributed by atoms with van der Waals surface area (Å²) in [6, 6.07) is 5.43. The number of halogens is 2. The summed E-state index contributed by atoms with van der Waals surface area (Å²) < 4.78 is 5.84. The number of carbonyl (C=O) groups is 1. The van der Waals surface area contributed by atoms with E-state index in [-0.39, 0.29) is 5.78 Å². The number of rotatable bonds is 3. The second kappa shape index (κ2) is 6.66. The highest BCUT2D eigenvalue weighted by Gasteiger charge is 2.35. The molecule has 1 saturated heterocycles. The lowest BCUT2D eigenvalue weighted by molar-refractivity contribution is -0.0846. The van der Waals surface area contributed by atoms with E-state index in [1.165, 1.54) is 12.8 Å². The van der Waals surface area contributed by atoms with Gasteiger partial charge in [0.25, 0.3) is 0 Å². The molecule has 0 bridgehead atoms. The lowest BCUT2D eigenvalue weighted by Gasteiger charge is -2.43. The quantitative estimate of drug-likeness (QED) is 0.790. The number of ether oxygens (including phenoxy) is 1. The molecule has 0 spiro atoms. The summed E-state index contributed by atoms with van der Waals surface area (Å²) in [6.45, 7) is 1.94. The smallest absolute Gasteiger partial charge is 0.178 e. The minimum Gasteiger partial charge on any atom is -0.375 e. The average Bonchev–Trinajstić information content (AvgIpc) is 2.47. The lowest BCUT2D eigenvalue weighted by Crippen LogP contribution is -2.53. The molecule has 1 heterocycles. The molecular weight excluding hydrogens is 309 g/mol. The Morgan fingerprint density at radius 1 is 1.29 bits per heavy atom. The Balaban J connectivity index is 1.71. The third kappa shape index (κ3) is 3.42. The van der Waals surface area contributed by atoms with Crippen LogP contribution in [0.25, 0.3) is 0 Å². The minimum atomic E-state index is 0.0582. The van der Waals surface area contributed by atoms with Gasteiger partial charge in [0, 0.05) is 23.2 Å². The third-order valence-corrected chi connectivity index (χ3v) is 4.97. The second-order valence-corrected chi connectivity index (χ2v) is 6.62. The number of ketones is 1. The van der Waals surface area contributed by atoms with Crippen molar-refractivity contribution in [3.05, 3.63) is 33.8 Å². The lowest BCUT2D eigenvalue weighted by atomic mass is 9.90. The topological polar surface area (TPSA) is 29.5 Å². The van der Waals surface area contributed by atoms with Crippen LogP contribution in [0.3, 0.4) is 0 Å². The number of hydrogen-bond donors (Lipinski definition) is 0. The number of morpholine rings is 1. The van der Waals surface area contributed by atoms with Gasteiger partial charge in [-0.3, -0.25) is 9.69 Å². The highest BCUT2D eigenvalue weighted by Crippen LogP contribution is 2.29. The highest BCUT2D eigenvalue weighted by molar-refractivity contribution is 6.36. The van der Waals surface area contributed by atoms with Crippen molar-refractivity contribution in [3.63, 3.8) is 0 Å². The summed E-state index contributed by atoms with van der Waals surface area (Å²) in [5.41, 5.74) is 0.555. The Morgan fingerprint density at radius 3 is 2.90 bits per heavy atom. The van der Waals surface area contributed by atoms with Crippen LogP contribution in [0.1, 0.15) is 36.0 Å². The molecule has 0 N–H and O–H groups in total. The standard InChI is InChI=1S/C16H19Cl2NO2/c17-11-5-6-12(13(18)9-11)15(20)10-19-7-8-21-16-4-2-1-3-14(16)19/h5-6,9,14,16H,1-4,7-8,10H2. The van der Waals surface area contributed by atoms with Gasteiger partial charge in [-0.15, -0.1) is 0 Å². The van der Waals surface area contributed by atoms with Gasteiger partial charge in [0.1, 0.15) is 0 Å². The third-order valence-electron chi connectivity index (χ3n) is 4.43. The van der Waals surface area contributed by atoms with Gasteiger partial charge in [0.15, 0.2) is 5.78 Å². The molecule has 0 aromatic heterocycles. The first-order chi connectivity index (χ1) is 10.1. The molecule has 0 radical (unpaired) electrons. The SMILES string of the molecule is O=C(CN1CCOC2CCCCC21)c1ccc(Cl)cc1Cl. The van der Waals surface area contributed by atoms with Gasteiger partial charge < -0.3 is 4.74 Å². The predicted octanol–water partition coefficient (Wildman–Crippen LogP) is 3.82. The van der Waals surface area contributed by atoms with E-state index in [1.807, 2.05) is 0 Å². The van der Waals surface area contributed by atoms with Crippen molar-refractivity contribution in [1.82, 2.24) is 4.90 Å². The van der Waals surface area contributed by atoms with Crippen molar-refractivity contribution in [2.45, 2.75) is 37.8 Å². The normalized spacial score (nSPS) is 26.4.